The Balaban J connectivity index is 2.99. The van der Waals surface area contributed by atoms with Gasteiger partial charge in [0.25, 0.3) is 0 Å². The Labute approximate surface area is 173 Å². The third-order valence-corrected chi connectivity index (χ3v) is 5.19. The summed E-state index contributed by atoms with van der Waals surface area (Å²) in [5.41, 5.74) is 14.2. The van der Waals surface area contributed by atoms with Crippen LogP contribution in [0, 0.1) is 5.41 Å². The zero-order valence-corrected chi connectivity index (χ0v) is 18.2. The molecule has 10 heteroatoms. The van der Waals surface area contributed by atoms with E-state index in [1.165, 1.54) is 0 Å². The molecule has 0 radical (unpaired) electrons. The average molecular weight is 423 g/mol. The van der Waals surface area contributed by atoms with Gasteiger partial charge in [-0.1, -0.05) is 56.1 Å². The van der Waals surface area contributed by atoms with Crippen LogP contribution in [-0.4, -0.2) is 23.5 Å². The summed E-state index contributed by atoms with van der Waals surface area (Å²) in [6, 6.07) is 7.83. The number of hydrogen-bond donors (Lipinski definition) is 5. The minimum absolute atomic E-state index is 0.00805. The first-order valence-electron chi connectivity index (χ1n) is 9.38. The molecule has 1 rings (SSSR count). The molecule has 0 saturated heterocycles. The second-order valence-electron chi connectivity index (χ2n) is 6.72. The van der Waals surface area contributed by atoms with Gasteiger partial charge < -0.3 is 16.8 Å². The molecule has 0 fully saturated rings. The van der Waals surface area contributed by atoms with Crippen LogP contribution in [0.15, 0.2) is 46.5 Å². The van der Waals surface area contributed by atoms with Crippen molar-refractivity contribution in [2.24, 2.45) is 26.9 Å². The average Bonchev–Trinajstić information content (AvgIpc) is 2.71. The monoisotopic (exact) mass is 423 g/mol. The second-order valence-corrected chi connectivity index (χ2v) is 7.46. The number of allylic oxidation sites excluding steroid dienone is 1. The van der Waals surface area contributed by atoms with Gasteiger partial charge in [0, 0.05) is 22.2 Å². The van der Waals surface area contributed by atoms with Crippen LogP contribution < -0.4 is 22.1 Å². The maximum absolute atomic E-state index is 10.6. The maximum Gasteiger partial charge on any atom is 0.696 e. The third-order valence-electron chi connectivity index (χ3n) is 4.85. The maximum atomic E-state index is 10.6. The molecule has 1 unspecified atom stereocenters. The molecule has 7 N–H and O–H groups in total. The van der Waals surface area contributed by atoms with Gasteiger partial charge >= 0.3 is 8.25 Å². The zero-order chi connectivity index (χ0) is 21.9. The van der Waals surface area contributed by atoms with Gasteiger partial charge in [-0.2, -0.15) is 0 Å². The van der Waals surface area contributed by atoms with Gasteiger partial charge in [0.1, 0.15) is 0 Å². The lowest BCUT2D eigenvalue weighted by atomic mass is 9.82. The summed E-state index contributed by atoms with van der Waals surface area (Å²) < 4.78 is 15.1. The molecule has 1 atom stereocenters. The minimum Gasteiger partial charge on any atom is -0.370 e. The van der Waals surface area contributed by atoms with Crippen LogP contribution in [0.3, 0.4) is 0 Å². The topological polar surface area (TPSA) is 147 Å². The second kappa shape index (κ2) is 12.3. The molecule has 0 aliphatic carbocycles. The molecule has 0 heterocycles. The van der Waals surface area contributed by atoms with E-state index in [0.29, 0.717) is 19.0 Å². The molecule has 9 nitrogen and oxygen atoms in total. The smallest absolute Gasteiger partial charge is 0.370 e. The number of hydrogen-bond acceptors (Lipinski definition) is 5. The summed E-state index contributed by atoms with van der Waals surface area (Å²) in [4.78, 5) is 17.1. The molecule has 0 bridgehead atoms. The SMILES string of the molecule is C=C(NC(=NCc1cccc(CN)c1)NC(N)=NCO[P+](=O)O)C(C)(CC)CC. The molecular weight excluding hydrogens is 391 g/mol. The van der Waals surface area contributed by atoms with Crippen molar-refractivity contribution in [3.63, 3.8) is 0 Å². The number of aliphatic imine (C=N–C) groups is 2. The zero-order valence-electron chi connectivity index (χ0n) is 17.3. The molecular formula is C19H32N6O3P+. The fourth-order valence-electron chi connectivity index (χ4n) is 2.41. The Hall–Kier alpha value is -2.32. The van der Waals surface area contributed by atoms with Gasteiger partial charge in [-0.25, -0.2) is 9.98 Å². The van der Waals surface area contributed by atoms with Crippen molar-refractivity contribution in [2.75, 3.05) is 6.73 Å². The predicted octanol–water partition coefficient (Wildman–Crippen LogP) is 2.46. The standard InChI is InChI=1S/C19H31N6O3P/c1-5-19(4,6-2)14(3)24-18(25-17(21)23-13-28-29(26)27)22-12-16-9-7-8-15(10-16)11-20/h7-10H,3,5-6,11-13,20H2,1-2,4H3,(H4-,21,22,23,24,25,26,27)/p+1. The highest BCUT2D eigenvalue weighted by molar-refractivity contribution is 7.32. The van der Waals surface area contributed by atoms with E-state index in [9.17, 15) is 4.57 Å². The lowest BCUT2D eigenvalue weighted by molar-refractivity contribution is 0.291. The summed E-state index contributed by atoms with van der Waals surface area (Å²) in [5, 5.41) is 6.06. The minimum atomic E-state index is -2.74. The Morgan fingerprint density at radius 3 is 2.52 bits per heavy atom. The number of nitrogens with one attached hydrogen (secondary N) is 2. The Morgan fingerprint density at radius 2 is 1.93 bits per heavy atom. The highest BCUT2D eigenvalue weighted by Crippen LogP contribution is 2.31. The number of nitrogens with zero attached hydrogens (tertiary/aromatic N) is 2. The van der Waals surface area contributed by atoms with Crippen LogP contribution in [0.5, 0.6) is 0 Å². The van der Waals surface area contributed by atoms with Crippen LogP contribution in [0.25, 0.3) is 0 Å². The van der Waals surface area contributed by atoms with Gasteiger partial charge in [-0.15, -0.1) is 4.89 Å². The quantitative estimate of drug-likeness (QED) is 0.221. The molecule has 1 aromatic carbocycles. The van der Waals surface area contributed by atoms with Crippen molar-refractivity contribution in [1.82, 2.24) is 10.6 Å². The van der Waals surface area contributed by atoms with Gasteiger partial charge in [-0.3, -0.25) is 5.32 Å². The Morgan fingerprint density at radius 1 is 1.28 bits per heavy atom. The van der Waals surface area contributed by atoms with E-state index in [4.69, 9.17) is 16.4 Å². The summed E-state index contributed by atoms with van der Waals surface area (Å²) in [6.45, 7) is 11.0. The van der Waals surface area contributed by atoms with Gasteiger partial charge in [0.15, 0.2) is 12.7 Å². The number of nitrogens with two attached hydrogens (primary N) is 2. The molecule has 0 aromatic heterocycles. The number of benzene rings is 1. The molecule has 0 aliphatic rings. The molecule has 0 saturated carbocycles. The molecule has 160 valence electrons. The first-order chi connectivity index (χ1) is 13.7. The molecule has 0 aliphatic heterocycles. The first kappa shape index (κ1) is 24.7. The third kappa shape index (κ3) is 8.70. The largest absolute Gasteiger partial charge is 0.696 e. The van der Waals surface area contributed by atoms with Crippen molar-refractivity contribution in [1.29, 1.82) is 0 Å². The molecule has 29 heavy (non-hydrogen) atoms. The van der Waals surface area contributed by atoms with E-state index in [1.807, 2.05) is 24.3 Å². The van der Waals surface area contributed by atoms with Crippen molar-refractivity contribution in [3.05, 3.63) is 47.7 Å². The predicted molar refractivity (Wildman–Crippen MR) is 117 cm³/mol. The van der Waals surface area contributed by atoms with Gasteiger partial charge in [-0.05, 0) is 24.0 Å². The fraction of sp³-hybridized carbons (Fsp3) is 0.474. The summed E-state index contributed by atoms with van der Waals surface area (Å²) >= 11 is 0. The summed E-state index contributed by atoms with van der Waals surface area (Å²) in [7, 11) is -2.74. The molecule has 0 amide bonds. The summed E-state index contributed by atoms with van der Waals surface area (Å²) in [6.07, 6.45) is 1.81. The normalized spacial score (nSPS) is 13.2. The summed E-state index contributed by atoms with van der Waals surface area (Å²) in [5.74, 6) is 0.363. The lowest BCUT2D eigenvalue weighted by Gasteiger charge is -2.30. The number of guanidine groups is 2. The van der Waals surface area contributed by atoms with Crippen LogP contribution in [-0.2, 0) is 22.2 Å². The highest BCUT2D eigenvalue weighted by Gasteiger charge is 2.24. The van der Waals surface area contributed by atoms with Crippen molar-refractivity contribution < 1.29 is 14.0 Å². The first-order valence-corrected chi connectivity index (χ1v) is 10.5. The van der Waals surface area contributed by atoms with E-state index < -0.39 is 8.25 Å². The number of rotatable bonds is 10. The van der Waals surface area contributed by atoms with E-state index >= 15 is 0 Å². The van der Waals surface area contributed by atoms with Crippen molar-refractivity contribution in [2.45, 2.75) is 46.7 Å². The van der Waals surface area contributed by atoms with Crippen LogP contribution in [0.4, 0.5) is 0 Å². The lowest BCUT2D eigenvalue weighted by Crippen LogP contribution is -2.46. The van der Waals surface area contributed by atoms with E-state index in [0.717, 1.165) is 29.7 Å². The highest BCUT2D eigenvalue weighted by atomic mass is 31.1. The van der Waals surface area contributed by atoms with E-state index in [1.54, 1.807) is 0 Å². The molecule has 0 spiro atoms. The van der Waals surface area contributed by atoms with Crippen molar-refractivity contribution >= 4 is 20.2 Å². The van der Waals surface area contributed by atoms with Crippen LogP contribution >= 0.6 is 8.25 Å². The molecule has 1 aromatic rings. The van der Waals surface area contributed by atoms with Crippen LogP contribution in [0.1, 0.15) is 44.7 Å². The van der Waals surface area contributed by atoms with E-state index in [2.05, 4.69) is 52.5 Å². The Bertz CT molecular complexity index is 762. The van der Waals surface area contributed by atoms with Gasteiger partial charge in [0.05, 0.1) is 6.54 Å². The fourth-order valence-corrected chi connectivity index (χ4v) is 2.57. The van der Waals surface area contributed by atoms with E-state index in [-0.39, 0.29) is 18.1 Å². The van der Waals surface area contributed by atoms with Crippen LogP contribution in [0.2, 0.25) is 0 Å². The van der Waals surface area contributed by atoms with Gasteiger partial charge in [0.2, 0.25) is 5.96 Å². The van der Waals surface area contributed by atoms with Crippen molar-refractivity contribution in [3.8, 4) is 0 Å². The Kier molecular flexibility index (Phi) is 10.5.